The zero-order valence-corrected chi connectivity index (χ0v) is 20.7. The van der Waals surface area contributed by atoms with Crippen LogP contribution < -0.4 is 5.32 Å². The van der Waals surface area contributed by atoms with Gasteiger partial charge in [0.2, 0.25) is 11.8 Å². The second-order valence-corrected chi connectivity index (χ2v) is 11.0. The highest BCUT2D eigenvalue weighted by Crippen LogP contribution is 2.63. The van der Waals surface area contributed by atoms with Gasteiger partial charge in [0.15, 0.2) is 0 Å². The summed E-state index contributed by atoms with van der Waals surface area (Å²) in [6.07, 6.45) is 1.42. The summed E-state index contributed by atoms with van der Waals surface area (Å²) in [7, 11) is 0. The van der Waals surface area contributed by atoms with Crippen LogP contribution in [0.4, 0.5) is 0 Å². The summed E-state index contributed by atoms with van der Waals surface area (Å²) < 4.78 is 11.9. The highest BCUT2D eigenvalue weighted by molar-refractivity contribution is 5.98. The van der Waals surface area contributed by atoms with Crippen LogP contribution in [0.3, 0.4) is 0 Å². The van der Waals surface area contributed by atoms with Gasteiger partial charge in [-0.05, 0) is 59.4 Å². The summed E-state index contributed by atoms with van der Waals surface area (Å²) in [5, 5.41) is 13.4. The molecule has 1 aromatic carbocycles. The van der Waals surface area contributed by atoms with Crippen LogP contribution in [0.1, 0.15) is 53.0 Å². The lowest BCUT2D eigenvalue weighted by Gasteiger charge is -2.38. The quantitative estimate of drug-likeness (QED) is 0.587. The molecule has 8 heteroatoms. The van der Waals surface area contributed by atoms with Gasteiger partial charge >= 0.3 is 5.97 Å². The predicted octanol–water partition coefficient (Wildman–Crippen LogP) is 1.83. The fourth-order valence-electron chi connectivity index (χ4n) is 6.22. The van der Waals surface area contributed by atoms with Crippen molar-refractivity contribution in [2.45, 2.75) is 82.7 Å². The van der Waals surface area contributed by atoms with Crippen molar-refractivity contribution in [3.8, 4) is 0 Å². The molecule has 2 unspecified atom stereocenters. The van der Waals surface area contributed by atoms with Crippen molar-refractivity contribution >= 4 is 17.8 Å². The fraction of sp³-hybridized carbons (Fsp3) is 0.654. The molecule has 3 saturated heterocycles. The molecule has 6 atom stereocenters. The van der Waals surface area contributed by atoms with E-state index in [1.165, 1.54) is 4.90 Å². The van der Waals surface area contributed by atoms with Crippen molar-refractivity contribution in [2.75, 3.05) is 13.2 Å². The van der Waals surface area contributed by atoms with Gasteiger partial charge in [-0.2, -0.15) is 0 Å². The van der Waals surface area contributed by atoms with E-state index in [-0.39, 0.29) is 25.0 Å². The summed E-state index contributed by atoms with van der Waals surface area (Å²) in [5.74, 6) is -2.75. The van der Waals surface area contributed by atoms with Gasteiger partial charge in [-0.15, -0.1) is 0 Å². The highest BCUT2D eigenvalue weighted by Gasteiger charge is 2.78. The minimum absolute atomic E-state index is 0.199. The van der Waals surface area contributed by atoms with Gasteiger partial charge in [0, 0.05) is 5.54 Å². The van der Waals surface area contributed by atoms with Crippen molar-refractivity contribution in [2.24, 2.45) is 11.8 Å². The minimum atomic E-state index is -1.14. The van der Waals surface area contributed by atoms with E-state index in [4.69, 9.17) is 9.47 Å². The van der Waals surface area contributed by atoms with Crippen LogP contribution in [0.15, 0.2) is 30.3 Å². The Morgan fingerprint density at radius 3 is 2.53 bits per heavy atom. The number of fused-ring (bicyclic) bond motifs is 1. The van der Waals surface area contributed by atoms with E-state index in [9.17, 15) is 19.5 Å². The van der Waals surface area contributed by atoms with E-state index < -0.39 is 46.6 Å². The van der Waals surface area contributed by atoms with Gasteiger partial charge < -0.3 is 24.8 Å². The first kappa shape index (κ1) is 24.7. The first-order valence-corrected chi connectivity index (χ1v) is 12.1. The molecule has 3 fully saturated rings. The second-order valence-electron chi connectivity index (χ2n) is 11.0. The van der Waals surface area contributed by atoms with E-state index in [2.05, 4.69) is 5.32 Å². The third-order valence-electron chi connectivity index (χ3n) is 7.42. The predicted molar refractivity (Wildman–Crippen MR) is 125 cm³/mol. The molecule has 186 valence electrons. The Hall–Kier alpha value is -2.45. The first-order chi connectivity index (χ1) is 16.0. The van der Waals surface area contributed by atoms with E-state index >= 15 is 0 Å². The number of amides is 2. The maximum atomic E-state index is 14.1. The smallest absolute Gasteiger partial charge is 0.312 e. The average Bonchev–Trinajstić information content (AvgIpc) is 3.32. The van der Waals surface area contributed by atoms with Gasteiger partial charge in [-0.3, -0.25) is 14.4 Å². The molecule has 3 aliphatic rings. The Morgan fingerprint density at radius 1 is 1.26 bits per heavy atom. The molecule has 3 heterocycles. The molecule has 4 rings (SSSR count). The van der Waals surface area contributed by atoms with Crippen LogP contribution in [0.5, 0.6) is 0 Å². The number of ether oxygens (including phenoxy) is 2. The van der Waals surface area contributed by atoms with Crippen LogP contribution in [0, 0.1) is 11.8 Å². The molecule has 0 radical (unpaired) electrons. The molecule has 0 aliphatic carbocycles. The number of carbonyl (C=O) groups is 3. The molecule has 2 N–H and O–H groups in total. The van der Waals surface area contributed by atoms with E-state index in [1.54, 1.807) is 6.92 Å². The molecule has 34 heavy (non-hydrogen) atoms. The minimum Gasteiger partial charge on any atom is -0.466 e. The van der Waals surface area contributed by atoms with Crippen molar-refractivity contribution in [1.29, 1.82) is 0 Å². The molecule has 8 nitrogen and oxygen atoms in total. The van der Waals surface area contributed by atoms with Crippen LogP contribution in [0.25, 0.3) is 0 Å². The van der Waals surface area contributed by atoms with Gasteiger partial charge in [0.25, 0.3) is 0 Å². The lowest BCUT2D eigenvalue weighted by atomic mass is 9.66. The van der Waals surface area contributed by atoms with Gasteiger partial charge in [0.1, 0.15) is 17.6 Å². The summed E-state index contributed by atoms with van der Waals surface area (Å²) in [4.78, 5) is 42.3. The fourth-order valence-corrected chi connectivity index (χ4v) is 6.22. The molecule has 3 aliphatic heterocycles. The molecular formula is C26H36N2O6. The second kappa shape index (κ2) is 8.64. The Morgan fingerprint density at radius 2 is 1.94 bits per heavy atom. The number of esters is 1. The summed E-state index contributed by atoms with van der Waals surface area (Å²) >= 11 is 0. The molecule has 0 saturated carbocycles. The molecule has 1 spiro atoms. The molecule has 1 aromatic rings. The first-order valence-electron chi connectivity index (χ1n) is 12.1. The van der Waals surface area contributed by atoms with E-state index in [0.717, 1.165) is 5.56 Å². The molecule has 0 aromatic heterocycles. The average molecular weight is 473 g/mol. The number of aliphatic hydroxyl groups excluding tert-OH is 1. The highest BCUT2D eigenvalue weighted by atomic mass is 16.6. The number of hydrogen-bond acceptors (Lipinski definition) is 6. The number of rotatable bonds is 7. The van der Waals surface area contributed by atoms with E-state index in [1.807, 2.05) is 58.0 Å². The normalized spacial score (nSPS) is 33.1. The number of carbonyl (C=O) groups excluding carboxylic acids is 3. The third kappa shape index (κ3) is 3.90. The monoisotopic (exact) mass is 472 g/mol. The van der Waals surface area contributed by atoms with Crippen molar-refractivity contribution < 1.29 is 29.0 Å². The maximum Gasteiger partial charge on any atom is 0.312 e. The van der Waals surface area contributed by atoms with Gasteiger partial charge in [0.05, 0.1) is 30.8 Å². The molecule has 2 bridgehead atoms. The SMILES string of the molecule is CCOC(=O)[C@H]1[C@H]2C(=O)N([C@@H](CO)Cc3ccccc3)C(C(=O)NC(C)(C)C)C23CC[C@]1(C)O3. The van der Waals surface area contributed by atoms with Crippen molar-refractivity contribution in [1.82, 2.24) is 10.2 Å². The topological polar surface area (TPSA) is 105 Å². The lowest BCUT2D eigenvalue weighted by molar-refractivity contribution is -0.160. The maximum absolute atomic E-state index is 14.1. The Balaban J connectivity index is 1.78. The number of nitrogens with one attached hydrogen (secondary N) is 1. The van der Waals surface area contributed by atoms with Crippen LogP contribution in [-0.2, 0) is 30.3 Å². The van der Waals surface area contributed by atoms with Crippen LogP contribution in [-0.4, -0.2) is 69.8 Å². The third-order valence-corrected chi connectivity index (χ3v) is 7.42. The van der Waals surface area contributed by atoms with Crippen LogP contribution >= 0.6 is 0 Å². The zero-order valence-electron chi connectivity index (χ0n) is 20.7. The Bertz CT molecular complexity index is 960. The lowest BCUT2D eigenvalue weighted by Crippen LogP contribution is -2.60. The van der Waals surface area contributed by atoms with Crippen molar-refractivity contribution in [3.63, 3.8) is 0 Å². The number of likely N-dealkylation sites (tertiary alicyclic amines) is 1. The summed E-state index contributed by atoms with van der Waals surface area (Å²) in [6.45, 7) is 9.09. The molecular weight excluding hydrogens is 436 g/mol. The standard InChI is InChI=1S/C26H36N2O6/c1-6-33-23(32)19-18-22(31)28(17(15-29)14-16-10-8-7-9-11-16)20(21(30)27-24(2,3)4)26(18)13-12-25(19,5)34-26/h7-11,17-20,29H,6,12-15H2,1-5H3,(H,27,30)/t17-,18+,19-,20?,25+,26?/m1/s1. The Kier molecular flexibility index (Phi) is 6.27. The number of benzene rings is 1. The zero-order chi connectivity index (χ0) is 24.9. The van der Waals surface area contributed by atoms with Gasteiger partial charge in [-0.1, -0.05) is 30.3 Å². The molecule has 2 amide bonds. The van der Waals surface area contributed by atoms with E-state index in [0.29, 0.717) is 19.3 Å². The van der Waals surface area contributed by atoms with Crippen LogP contribution in [0.2, 0.25) is 0 Å². The number of nitrogens with zero attached hydrogens (tertiary/aromatic N) is 1. The number of hydrogen-bond donors (Lipinski definition) is 2. The largest absolute Gasteiger partial charge is 0.466 e. The Labute approximate surface area is 201 Å². The summed E-state index contributed by atoms with van der Waals surface area (Å²) in [6, 6.07) is 7.96. The van der Waals surface area contributed by atoms with Gasteiger partial charge in [-0.25, -0.2) is 0 Å². The number of aliphatic hydroxyl groups is 1. The summed E-state index contributed by atoms with van der Waals surface area (Å²) in [5.41, 5.74) is -1.59. The van der Waals surface area contributed by atoms with Crippen molar-refractivity contribution in [3.05, 3.63) is 35.9 Å².